The van der Waals surface area contributed by atoms with Crippen LogP contribution in [0.5, 0.6) is 0 Å². The van der Waals surface area contributed by atoms with Gasteiger partial charge in [0.25, 0.3) is 0 Å². The predicted molar refractivity (Wildman–Crippen MR) is 102 cm³/mol. The number of hydrogen-bond acceptors (Lipinski definition) is 6. The fourth-order valence-corrected chi connectivity index (χ4v) is 3.23. The van der Waals surface area contributed by atoms with Gasteiger partial charge in [0.15, 0.2) is 5.82 Å². The lowest BCUT2D eigenvalue weighted by Crippen LogP contribution is -2.53. The molecule has 0 N–H and O–H groups in total. The molecule has 11 heteroatoms. The van der Waals surface area contributed by atoms with Crippen molar-refractivity contribution in [1.82, 2.24) is 30.0 Å². The summed E-state index contributed by atoms with van der Waals surface area (Å²) in [7, 11) is 0. The van der Waals surface area contributed by atoms with Crippen molar-refractivity contribution < 1.29 is 22.7 Å². The summed E-state index contributed by atoms with van der Waals surface area (Å²) < 4.78 is 45.7. The van der Waals surface area contributed by atoms with Crippen molar-refractivity contribution in [3.63, 3.8) is 0 Å². The highest BCUT2D eigenvalue weighted by Gasteiger charge is 2.31. The van der Waals surface area contributed by atoms with Gasteiger partial charge in [-0.05, 0) is 41.5 Å². The summed E-state index contributed by atoms with van der Waals surface area (Å²) >= 11 is 0. The lowest BCUT2D eigenvalue weighted by Gasteiger charge is -2.38. The monoisotopic (exact) mass is 426 g/mol. The number of carbonyl (C=O) groups excluding carboxylic acids is 1. The predicted octanol–water partition coefficient (Wildman–Crippen LogP) is 2.98. The molecule has 3 rings (SSSR count). The van der Waals surface area contributed by atoms with E-state index in [0.29, 0.717) is 38.6 Å². The molecular weight excluding hydrogens is 401 g/mol. The summed E-state index contributed by atoms with van der Waals surface area (Å²) in [6.07, 6.45) is -4.77. The molecule has 1 fully saturated rings. The van der Waals surface area contributed by atoms with E-state index in [4.69, 9.17) is 4.74 Å². The number of hydrogen-bond donors (Lipinski definition) is 0. The van der Waals surface area contributed by atoms with Crippen LogP contribution in [0.3, 0.4) is 0 Å². The molecule has 0 unspecified atom stereocenters. The number of tetrazole rings is 1. The van der Waals surface area contributed by atoms with Crippen molar-refractivity contribution >= 4 is 6.09 Å². The van der Waals surface area contributed by atoms with Crippen LogP contribution in [0.2, 0.25) is 0 Å². The molecular formula is C19H25F3N6O2. The SMILES string of the molecule is CC(C)COC(=O)N1CCN(Cc2nnnn2-c2cccc(C(F)(F)F)c2)[C@H](C)C1. The molecule has 1 aromatic heterocycles. The van der Waals surface area contributed by atoms with Gasteiger partial charge < -0.3 is 9.64 Å². The highest BCUT2D eigenvalue weighted by Crippen LogP contribution is 2.30. The fourth-order valence-electron chi connectivity index (χ4n) is 3.23. The molecule has 0 bridgehead atoms. The molecule has 2 heterocycles. The third-order valence-corrected chi connectivity index (χ3v) is 4.86. The standard InChI is InChI=1S/C19H25F3N6O2/c1-13(2)12-30-18(29)27-8-7-26(14(3)10-27)11-17-23-24-25-28(17)16-6-4-5-15(9-16)19(20,21)22/h4-6,9,13-14H,7-8,10-12H2,1-3H3/t14-/m1/s1. The summed E-state index contributed by atoms with van der Waals surface area (Å²) in [5.41, 5.74) is -0.517. The van der Waals surface area contributed by atoms with Crippen LogP contribution in [0.4, 0.5) is 18.0 Å². The van der Waals surface area contributed by atoms with Gasteiger partial charge in [0.2, 0.25) is 0 Å². The number of halogens is 3. The van der Waals surface area contributed by atoms with Gasteiger partial charge in [-0.3, -0.25) is 4.90 Å². The van der Waals surface area contributed by atoms with Crippen LogP contribution < -0.4 is 0 Å². The Morgan fingerprint density at radius 1 is 1.30 bits per heavy atom. The van der Waals surface area contributed by atoms with Crippen LogP contribution in [-0.2, 0) is 17.5 Å². The molecule has 30 heavy (non-hydrogen) atoms. The van der Waals surface area contributed by atoms with Crippen LogP contribution >= 0.6 is 0 Å². The molecule has 1 amide bonds. The summed E-state index contributed by atoms with van der Waals surface area (Å²) in [4.78, 5) is 15.9. The minimum Gasteiger partial charge on any atom is -0.449 e. The van der Waals surface area contributed by atoms with E-state index in [0.717, 1.165) is 12.1 Å². The number of carbonyl (C=O) groups is 1. The third-order valence-electron chi connectivity index (χ3n) is 4.86. The molecule has 0 saturated carbocycles. The number of rotatable bonds is 5. The number of ether oxygens (including phenoxy) is 1. The molecule has 0 aliphatic carbocycles. The van der Waals surface area contributed by atoms with E-state index >= 15 is 0 Å². The Labute approximate surface area is 172 Å². The van der Waals surface area contributed by atoms with Gasteiger partial charge in [-0.2, -0.15) is 17.9 Å². The van der Waals surface area contributed by atoms with Crippen LogP contribution in [0, 0.1) is 5.92 Å². The Kier molecular flexibility index (Phi) is 6.59. The molecule has 1 saturated heterocycles. The number of piperazine rings is 1. The maximum absolute atomic E-state index is 13.0. The minimum atomic E-state index is -4.45. The lowest BCUT2D eigenvalue weighted by molar-refractivity contribution is -0.137. The molecule has 1 atom stereocenters. The quantitative estimate of drug-likeness (QED) is 0.732. The maximum Gasteiger partial charge on any atom is 0.416 e. The largest absolute Gasteiger partial charge is 0.449 e. The van der Waals surface area contributed by atoms with Crippen molar-refractivity contribution in [2.24, 2.45) is 5.92 Å². The summed E-state index contributed by atoms with van der Waals surface area (Å²) in [6, 6.07) is 4.89. The molecule has 164 valence electrons. The van der Waals surface area contributed by atoms with E-state index in [1.807, 2.05) is 20.8 Å². The van der Waals surface area contributed by atoms with Crippen molar-refractivity contribution in [3.05, 3.63) is 35.7 Å². The molecule has 1 aliphatic rings. The Hall–Kier alpha value is -2.69. The van der Waals surface area contributed by atoms with Gasteiger partial charge in [-0.15, -0.1) is 5.10 Å². The zero-order chi connectivity index (χ0) is 21.9. The first kappa shape index (κ1) is 22.0. The Morgan fingerprint density at radius 3 is 2.73 bits per heavy atom. The number of benzene rings is 1. The number of aromatic nitrogens is 4. The second kappa shape index (κ2) is 8.99. The minimum absolute atomic E-state index is 0.0111. The second-order valence-electron chi connectivity index (χ2n) is 7.79. The van der Waals surface area contributed by atoms with E-state index in [-0.39, 0.29) is 23.7 Å². The van der Waals surface area contributed by atoms with Gasteiger partial charge >= 0.3 is 12.3 Å². The van der Waals surface area contributed by atoms with E-state index < -0.39 is 11.7 Å². The molecule has 1 aromatic carbocycles. The lowest BCUT2D eigenvalue weighted by atomic mass is 10.2. The topological polar surface area (TPSA) is 76.4 Å². The summed E-state index contributed by atoms with van der Waals surface area (Å²) in [6.45, 7) is 8.20. The Bertz CT molecular complexity index is 870. The number of amides is 1. The smallest absolute Gasteiger partial charge is 0.416 e. The normalized spacial score (nSPS) is 18.1. The zero-order valence-electron chi connectivity index (χ0n) is 17.1. The second-order valence-corrected chi connectivity index (χ2v) is 7.79. The third kappa shape index (κ3) is 5.26. The maximum atomic E-state index is 13.0. The van der Waals surface area contributed by atoms with Crippen molar-refractivity contribution in [2.75, 3.05) is 26.2 Å². The molecule has 2 aromatic rings. The highest BCUT2D eigenvalue weighted by atomic mass is 19.4. The Morgan fingerprint density at radius 2 is 2.07 bits per heavy atom. The van der Waals surface area contributed by atoms with Gasteiger partial charge in [-0.25, -0.2) is 4.79 Å². The first-order valence-electron chi connectivity index (χ1n) is 9.75. The fraction of sp³-hybridized carbons (Fsp3) is 0.579. The average Bonchev–Trinajstić information content (AvgIpc) is 3.15. The van der Waals surface area contributed by atoms with Crippen LogP contribution in [0.15, 0.2) is 24.3 Å². The molecule has 0 radical (unpaired) electrons. The molecule has 0 spiro atoms. The zero-order valence-corrected chi connectivity index (χ0v) is 17.1. The van der Waals surface area contributed by atoms with Crippen LogP contribution in [0.1, 0.15) is 32.2 Å². The highest BCUT2D eigenvalue weighted by molar-refractivity contribution is 5.67. The van der Waals surface area contributed by atoms with E-state index in [9.17, 15) is 18.0 Å². The van der Waals surface area contributed by atoms with Crippen molar-refractivity contribution in [3.8, 4) is 5.69 Å². The van der Waals surface area contributed by atoms with Crippen molar-refractivity contribution in [1.29, 1.82) is 0 Å². The Balaban J connectivity index is 1.67. The van der Waals surface area contributed by atoms with E-state index in [1.54, 1.807) is 4.90 Å². The number of alkyl halides is 3. The number of nitrogens with zero attached hydrogens (tertiary/aromatic N) is 6. The van der Waals surface area contributed by atoms with Gasteiger partial charge in [0.1, 0.15) is 0 Å². The van der Waals surface area contributed by atoms with Gasteiger partial charge in [-0.1, -0.05) is 19.9 Å². The van der Waals surface area contributed by atoms with Gasteiger partial charge in [0, 0.05) is 25.7 Å². The molecule has 8 nitrogen and oxygen atoms in total. The summed E-state index contributed by atoms with van der Waals surface area (Å²) in [5, 5.41) is 11.5. The summed E-state index contributed by atoms with van der Waals surface area (Å²) in [5.74, 6) is 0.694. The first-order valence-corrected chi connectivity index (χ1v) is 9.75. The van der Waals surface area contributed by atoms with Crippen molar-refractivity contribution in [2.45, 2.75) is 39.5 Å². The first-order chi connectivity index (χ1) is 14.1. The van der Waals surface area contributed by atoms with Crippen LogP contribution in [-0.4, -0.2) is 68.4 Å². The van der Waals surface area contributed by atoms with E-state index in [1.165, 1.54) is 16.8 Å². The van der Waals surface area contributed by atoms with Crippen LogP contribution in [0.25, 0.3) is 5.69 Å². The van der Waals surface area contributed by atoms with Gasteiger partial charge in [0.05, 0.1) is 24.4 Å². The molecule has 1 aliphatic heterocycles. The van der Waals surface area contributed by atoms with E-state index in [2.05, 4.69) is 20.4 Å². The average molecular weight is 426 g/mol.